The maximum atomic E-state index is 11.3. The van der Waals surface area contributed by atoms with Crippen molar-refractivity contribution in [1.29, 1.82) is 0 Å². The van der Waals surface area contributed by atoms with Crippen LogP contribution in [0.2, 0.25) is 18.1 Å². The number of amides is 1. The summed E-state index contributed by atoms with van der Waals surface area (Å²) >= 11 is 0. The number of pyridine rings is 1. The van der Waals surface area contributed by atoms with E-state index in [1.54, 1.807) is 18.5 Å². The van der Waals surface area contributed by atoms with Crippen LogP contribution in [0, 0.1) is 0 Å². The van der Waals surface area contributed by atoms with Crippen LogP contribution in [0.15, 0.2) is 24.7 Å². The van der Waals surface area contributed by atoms with E-state index in [1.165, 1.54) is 0 Å². The molecule has 2 aliphatic rings. The van der Waals surface area contributed by atoms with Gasteiger partial charge in [0.1, 0.15) is 17.6 Å². The summed E-state index contributed by atoms with van der Waals surface area (Å²) in [6.45, 7) is 16.4. The molecule has 1 amide bonds. The van der Waals surface area contributed by atoms with Gasteiger partial charge >= 0.3 is 6.09 Å². The minimum atomic E-state index is -1.84. The van der Waals surface area contributed by atoms with Gasteiger partial charge in [-0.1, -0.05) is 20.8 Å². The third-order valence-corrected chi connectivity index (χ3v) is 13.0. The fourth-order valence-corrected chi connectivity index (χ4v) is 6.77. The van der Waals surface area contributed by atoms with Crippen LogP contribution in [0.25, 0.3) is 22.2 Å². The Bertz CT molecular complexity index is 1370. The number of ether oxygens (including phenoxy) is 2. The van der Waals surface area contributed by atoms with E-state index in [0.717, 1.165) is 47.8 Å². The Balaban J connectivity index is 1.39. The second-order valence-electron chi connectivity index (χ2n) is 13.0. The second-order valence-corrected chi connectivity index (χ2v) is 17.8. The van der Waals surface area contributed by atoms with E-state index >= 15 is 0 Å². The lowest BCUT2D eigenvalue weighted by atomic mass is 9.93. The van der Waals surface area contributed by atoms with Crippen LogP contribution in [0.1, 0.15) is 66.3 Å². The molecule has 3 aromatic rings. The van der Waals surface area contributed by atoms with Crippen LogP contribution in [0.5, 0.6) is 0 Å². The molecule has 2 N–H and O–H groups in total. The van der Waals surface area contributed by atoms with Crippen LogP contribution in [-0.4, -0.2) is 68.7 Å². The highest BCUT2D eigenvalue weighted by molar-refractivity contribution is 6.74. The predicted octanol–water partition coefficient (Wildman–Crippen LogP) is 6.04. The highest BCUT2D eigenvalue weighted by Crippen LogP contribution is 2.41. The van der Waals surface area contributed by atoms with Crippen molar-refractivity contribution in [3.05, 3.63) is 24.7 Å². The molecule has 0 radical (unpaired) electrons. The topological polar surface area (TPSA) is 126 Å². The predicted molar refractivity (Wildman–Crippen MR) is 155 cm³/mol. The Morgan fingerprint density at radius 1 is 1.23 bits per heavy atom. The molecule has 5 rings (SSSR count). The van der Waals surface area contributed by atoms with E-state index in [1.807, 2.05) is 24.7 Å². The van der Waals surface area contributed by atoms with Gasteiger partial charge < -0.3 is 19.0 Å². The molecule has 11 nitrogen and oxygen atoms in total. The van der Waals surface area contributed by atoms with E-state index in [2.05, 4.69) is 53.9 Å². The van der Waals surface area contributed by atoms with Gasteiger partial charge in [-0.05, 0) is 57.7 Å². The Morgan fingerprint density at radius 3 is 2.58 bits per heavy atom. The monoisotopic (exact) mass is 570 g/mol. The third-order valence-electron chi connectivity index (χ3n) is 8.45. The molecule has 0 unspecified atom stereocenters. The molecule has 1 aliphatic heterocycles. The number of aromatic nitrogens is 5. The van der Waals surface area contributed by atoms with Gasteiger partial charge in [-0.2, -0.15) is 10.2 Å². The van der Waals surface area contributed by atoms with Crippen LogP contribution in [-0.2, 0) is 20.4 Å². The summed E-state index contributed by atoms with van der Waals surface area (Å²) in [5, 5.41) is 22.3. The van der Waals surface area contributed by atoms with Crippen molar-refractivity contribution in [1.82, 2.24) is 24.5 Å². The lowest BCUT2D eigenvalue weighted by Crippen LogP contribution is -2.44. The Labute approximate surface area is 236 Å². The quantitative estimate of drug-likeness (QED) is 0.329. The van der Waals surface area contributed by atoms with Crippen LogP contribution in [0.3, 0.4) is 0 Å². The van der Waals surface area contributed by atoms with Gasteiger partial charge in [-0.25, -0.2) is 9.78 Å². The first-order chi connectivity index (χ1) is 18.7. The molecular weight excluding hydrogens is 528 g/mol. The summed E-state index contributed by atoms with van der Waals surface area (Å²) in [7, 11) is -1.84. The number of anilines is 1. The lowest BCUT2D eigenvalue weighted by Gasteiger charge is -2.41. The van der Waals surface area contributed by atoms with Gasteiger partial charge in [0.05, 0.1) is 30.9 Å². The minimum Gasteiger partial charge on any atom is -0.465 e. The van der Waals surface area contributed by atoms with Gasteiger partial charge in [-0.15, -0.1) is 0 Å². The highest BCUT2D eigenvalue weighted by Gasteiger charge is 2.40. The summed E-state index contributed by atoms with van der Waals surface area (Å²) in [4.78, 5) is 15.7. The van der Waals surface area contributed by atoms with Crippen molar-refractivity contribution >= 4 is 31.1 Å². The average molecular weight is 571 g/mol. The van der Waals surface area contributed by atoms with Crippen molar-refractivity contribution in [3.8, 4) is 11.3 Å². The molecule has 0 bridgehead atoms. The first-order valence-electron chi connectivity index (χ1n) is 14.1. The Hall–Kier alpha value is -2.80. The molecule has 1 saturated carbocycles. The number of carbonyl (C=O) groups is 1. The van der Waals surface area contributed by atoms with Gasteiger partial charge in [0.25, 0.3) is 0 Å². The smallest absolute Gasteiger partial charge is 0.410 e. The van der Waals surface area contributed by atoms with E-state index in [-0.39, 0.29) is 29.1 Å². The molecular formula is C28H42N6O5Si. The average Bonchev–Trinajstić information content (AvgIpc) is 3.55. The lowest BCUT2D eigenvalue weighted by molar-refractivity contribution is -0.139. The number of hydrogen-bond acceptors (Lipinski definition) is 7. The Kier molecular flexibility index (Phi) is 7.57. The van der Waals surface area contributed by atoms with E-state index in [0.29, 0.717) is 13.2 Å². The first-order valence-corrected chi connectivity index (χ1v) is 17.0. The number of nitrogens with zero attached hydrogens (tertiary/aromatic N) is 5. The maximum Gasteiger partial charge on any atom is 0.410 e. The molecule has 1 atom stereocenters. The molecule has 218 valence electrons. The summed E-state index contributed by atoms with van der Waals surface area (Å²) < 4.78 is 22.3. The highest BCUT2D eigenvalue weighted by atomic mass is 28.4. The van der Waals surface area contributed by atoms with E-state index in [9.17, 15) is 9.90 Å². The molecule has 1 aliphatic carbocycles. The number of rotatable bonds is 7. The van der Waals surface area contributed by atoms with Gasteiger partial charge in [0.2, 0.25) is 0 Å². The largest absolute Gasteiger partial charge is 0.465 e. The minimum absolute atomic E-state index is 0.0768. The van der Waals surface area contributed by atoms with Gasteiger partial charge in [0, 0.05) is 35.5 Å². The molecule has 40 heavy (non-hydrogen) atoms. The van der Waals surface area contributed by atoms with E-state index < -0.39 is 20.2 Å². The molecule has 0 aromatic carbocycles. The molecule has 4 heterocycles. The standard InChI is InChI=1S/C28H42N6O5Si/c1-27(2,3)40(6,7)39-20-10-8-19(9-11-20)34-23-12-24(31-26(35)36)29-14-22(23)25(32-34)18-13-30-33(15-18)16-21-17-37-28(4,5)38-21/h12-15,19-21H,8-11,16-17H2,1-7H3,(H,29,31)(H,35,36)/t19?,20?,21-/m0/s1. The van der Waals surface area contributed by atoms with Gasteiger partial charge in [-0.3, -0.25) is 14.7 Å². The van der Waals surface area contributed by atoms with Crippen molar-refractivity contribution < 1.29 is 23.8 Å². The van der Waals surface area contributed by atoms with Crippen molar-refractivity contribution in [2.45, 2.75) is 109 Å². The van der Waals surface area contributed by atoms with Crippen LogP contribution in [0.4, 0.5) is 10.6 Å². The Morgan fingerprint density at radius 2 is 1.95 bits per heavy atom. The summed E-state index contributed by atoms with van der Waals surface area (Å²) in [5.41, 5.74) is 2.50. The van der Waals surface area contributed by atoms with Gasteiger partial charge in [0.15, 0.2) is 14.1 Å². The van der Waals surface area contributed by atoms with Crippen LogP contribution < -0.4 is 5.32 Å². The number of fused-ring (bicyclic) bond motifs is 1. The number of carboxylic acid groups (broad SMARTS) is 1. The van der Waals surface area contributed by atoms with E-state index in [4.69, 9.17) is 19.0 Å². The second kappa shape index (κ2) is 10.5. The zero-order valence-electron chi connectivity index (χ0n) is 24.6. The van der Waals surface area contributed by atoms with Crippen LogP contribution >= 0.6 is 0 Å². The summed E-state index contributed by atoms with van der Waals surface area (Å²) in [5.74, 6) is -0.308. The molecule has 2 fully saturated rings. The normalized spacial score (nSPS) is 23.5. The third kappa shape index (κ3) is 6.09. The molecule has 12 heteroatoms. The first kappa shape index (κ1) is 28.7. The fourth-order valence-electron chi connectivity index (χ4n) is 5.35. The summed E-state index contributed by atoms with van der Waals surface area (Å²) in [6.07, 6.45) is 8.31. The van der Waals surface area contributed by atoms with Crippen molar-refractivity contribution in [3.63, 3.8) is 0 Å². The maximum absolute atomic E-state index is 11.3. The molecule has 3 aromatic heterocycles. The van der Waals surface area contributed by atoms with Crippen molar-refractivity contribution in [2.75, 3.05) is 11.9 Å². The fraction of sp³-hybridized carbons (Fsp3) is 0.643. The zero-order chi connectivity index (χ0) is 28.9. The molecule has 1 saturated heterocycles. The molecule has 0 spiro atoms. The zero-order valence-corrected chi connectivity index (χ0v) is 25.6. The SMILES string of the molecule is CC1(C)OC[C@H](Cn2cc(-c3nn(C4CCC(O[Si](C)(C)C(C)(C)C)CC4)c4cc(NC(=O)O)ncc34)cn2)O1. The van der Waals surface area contributed by atoms with Crippen molar-refractivity contribution in [2.24, 2.45) is 0 Å². The summed E-state index contributed by atoms with van der Waals surface area (Å²) in [6, 6.07) is 1.95. The number of hydrogen-bond donors (Lipinski definition) is 2. The number of nitrogens with one attached hydrogen (secondary N) is 1.